The lowest BCUT2D eigenvalue weighted by molar-refractivity contribution is -0.384. The summed E-state index contributed by atoms with van der Waals surface area (Å²) in [5, 5.41) is 13.1. The molecule has 4 atom stereocenters. The molecule has 1 saturated carbocycles. The summed E-state index contributed by atoms with van der Waals surface area (Å²) in [5.41, 5.74) is 0.786. The molecule has 2 aliphatic carbocycles. The van der Waals surface area contributed by atoms with Crippen molar-refractivity contribution in [1.82, 2.24) is 10.0 Å². The molecule has 0 radical (unpaired) electrons. The number of amides is 3. The van der Waals surface area contributed by atoms with Gasteiger partial charge in [-0.2, -0.15) is 5.01 Å². The second kappa shape index (κ2) is 7.16. The standard InChI is InChI=1S/C23H19N3O5/c27-21(15-8-10-18(11-9-15)26(30)31)24(13-14-4-2-1-3-5-14)25-22(28)19-16-6-7-17(12-16)20(19)23(25)29/h1-11,16-17,19-20H,12-13H2/t16-,17-,19-,20-/m0/s1. The van der Waals surface area contributed by atoms with Gasteiger partial charge in [0.1, 0.15) is 0 Å². The van der Waals surface area contributed by atoms with E-state index in [9.17, 15) is 24.5 Å². The zero-order chi connectivity index (χ0) is 21.7. The summed E-state index contributed by atoms with van der Waals surface area (Å²) in [4.78, 5) is 50.4. The Kier molecular flexibility index (Phi) is 4.43. The normalized spacial score (nSPS) is 25.7. The molecular formula is C23H19N3O5. The van der Waals surface area contributed by atoms with Crippen molar-refractivity contribution in [3.63, 3.8) is 0 Å². The largest absolute Gasteiger partial charge is 0.273 e. The highest BCUT2D eigenvalue weighted by Gasteiger charge is 2.61. The Morgan fingerprint density at radius 3 is 2.10 bits per heavy atom. The third-order valence-corrected chi connectivity index (χ3v) is 6.42. The monoisotopic (exact) mass is 417 g/mol. The minimum atomic E-state index is -0.555. The van der Waals surface area contributed by atoms with E-state index in [1.807, 2.05) is 42.5 Å². The van der Waals surface area contributed by atoms with E-state index in [-0.39, 0.29) is 41.4 Å². The van der Waals surface area contributed by atoms with Gasteiger partial charge in [-0.1, -0.05) is 42.5 Å². The SMILES string of the molecule is O=C(c1ccc([N+](=O)[O-])cc1)N(Cc1ccccc1)N1C(=O)[C@@H]2[C@@H](C1=O)[C@H]1C=C[C@H]2C1. The molecular weight excluding hydrogens is 398 g/mol. The third-order valence-electron chi connectivity index (χ3n) is 6.42. The van der Waals surface area contributed by atoms with Gasteiger partial charge in [0.25, 0.3) is 23.4 Å². The molecule has 0 N–H and O–H groups in total. The number of imide groups is 1. The highest BCUT2D eigenvalue weighted by molar-refractivity contribution is 6.08. The molecule has 1 heterocycles. The molecule has 0 unspecified atom stereocenters. The van der Waals surface area contributed by atoms with Gasteiger partial charge in [-0.25, -0.2) is 5.01 Å². The van der Waals surface area contributed by atoms with E-state index in [1.54, 1.807) is 0 Å². The van der Waals surface area contributed by atoms with Gasteiger partial charge in [-0.3, -0.25) is 24.5 Å². The van der Waals surface area contributed by atoms with Gasteiger partial charge in [0, 0.05) is 17.7 Å². The van der Waals surface area contributed by atoms with Gasteiger partial charge >= 0.3 is 0 Å². The maximum absolute atomic E-state index is 13.4. The topological polar surface area (TPSA) is 101 Å². The van der Waals surface area contributed by atoms with Crippen molar-refractivity contribution in [2.45, 2.75) is 13.0 Å². The Morgan fingerprint density at radius 2 is 1.55 bits per heavy atom. The second-order valence-electron chi connectivity index (χ2n) is 8.14. The fourth-order valence-electron chi connectivity index (χ4n) is 4.99. The number of nitro benzene ring substituents is 1. The van der Waals surface area contributed by atoms with Crippen LogP contribution in [0.3, 0.4) is 0 Å². The summed E-state index contributed by atoms with van der Waals surface area (Å²) >= 11 is 0. The summed E-state index contributed by atoms with van der Waals surface area (Å²) in [6.45, 7) is 0.0380. The van der Waals surface area contributed by atoms with Gasteiger partial charge in [0.05, 0.1) is 23.3 Å². The van der Waals surface area contributed by atoms with Crippen LogP contribution in [0.15, 0.2) is 66.7 Å². The van der Waals surface area contributed by atoms with Crippen molar-refractivity contribution in [2.24, 2.45) is 23.7 Å². The number of rotatable bonds is 5. The Balaban J connectivity index is 1.50. The summed E-state index contributed by atoms with van der Waals surface area (Å²) < 4.78 is 0. The molecule has 2 aromatic rings. The van der Waals surface area contributed by atoms with Crippen molar-refractivity contribution < 1.29 is 19.3 Å². The summed E-state index contributed by atoms with van der Waals surface area (Å²) in [7, 11) is 0. The number of nitro groups is 1. The maximum atomic E-state index is 13.4. The van der Waals surface area contributed by atoms with E-state index in [2.05, 4.69) is 0 Å². The Labute approximate surface area is 177 Å². The molecule has 2 fully saturated rings. The average Bonchev–Trinajstić information content (AvgIpc) is 3.46. The fraction of sp³-hybridized carbons (Fsp3) is 0.261. The maximum Gasteiger partial charge on any atom is 0.273 e. The third kappa shape index (κ3) is 3.02. The minimum Gasteiger partial charge on any atom is -0.272 e. The smallest absolute Gasteiger partial charge is 0.272 e. The van der Waals surface area contributed by atoms with Crippen LogP contribution in [0.4, 0.5) is 5.69 Å². The first kappa shape index (κ1) is 19.2. The van der Waals surface area contributed by atoms with Crippen LogP contribution in [0.2, 0.25) is 0 Å². The van der Waals surface area contributed by atoms with Gasteiger partial charge in [-0.15, -0.1) is 0 Å². The first-order valence-corrected chi connectivity index (χ1v) is 10.1. The number of hydrogen-bond donors (Lipinski definition) is 0. The lowest BCUT2D eigenvalue weighted by Crippen LogP contribution is -2.50. The minimum absolute atomic E-state index is 0.0319. The lowest BCUT2D eigenvalue weighted by atomic mass is 9.85. The van der Waals surface area contributed by atoms with E-state index in [0.29, 0.717) is 0 Å². The Morgan fingerprint density at radius 1 is 0.968 bits per heavy atom. The average molecular weight is 417 g/mol. The zero-order valence-corrected chi connectivity index (χ0v) is 16.5. The fourth-order valence-corrected chi connectivity index (χ4v) is 4.99. The molecule has 0 spiro atoms. The molecule has 2 bridgehead atoms. The van der Waals surface area contributed by atoms with Gasteiger partial charge in [-0.05, 0) is 36.0 Å². The number of allylic oxidation sites excluding steroid dienone is 2. The Hall–Kier alpha value is -3.81. The number of benzene rings is 2. The number of carbonyl (C=O) groups is 3. The number of fused-ring (bicyclic) bond motifs is 5. The predicted molar refractivity (Wildman–Crippen MR) is 109 cm³/mol. The Bertz CT molecular complexity index is 1080. The molecule has 0 aromatic heterocycles. The zero-order valence-electron chi connectivity index (χ0n) is 16.5. The molecule has 5 rings (SSSR count). The first-order chi connectivity index (χ1) is 15.0. The summed E-state index contributed by atoms with van der Waals surface area (Å²) in [5.74, 6) is -2.04. The number of non-ortho nitro benzene ring substituents is 1. The molecule has 3 amide bonds. The highest BCUT2D eigenvalue weighted by Crippen LogP contribution is 2.52. The molecule has 8 nitrogen and oxygen atoms in total. The van der Waals surface area contributed by atoms with Crippen LogP contribution in [-0.2, 0) is 16.1 Å². The molecule has 31 heavy (non-hydrogen) atoms. The van der Waals surface area contributed by atoms with E-state index >= 15 is 0 Å². The van der Waals surface area contributed by atoms with Crippen molar-refractivity contribution in [1.29, 1.82) is 0 Å². The number of hydrogen-bond acceptors (Lipinski definition) is 5. The van der Waals surface area contributed by atoms with Crippen molar-refractivity contribution >= 4 is 23.4 Å². The van der Waals surface area contributed by atoms with Crippen LogP contribution in [0.1, 0.15) is 22.3 Å². The molecule has 2 aromatic carbocycles. The van der Waals surface area contributed by atoms with Crippen LogP contribution < -0.4 is 0 Å². The number of carbonyl (C=O) groups excluding carboxylic acids is 3. The highest BCUT2D eigenvalue weighted by atomic mass is 16.6. The first-order valence-electron chi connectivity index (χ1n) is 10.1. The van der Waals surface area contributed by atoms with E-state index in [4.69, 9.17) is 0 Å². The second-order valence-corrected chi connectivity index (χ2v) is 8.14. The summed E-state index contributed by atoms with van der Waals surface area (Å²) in [6.07, 6.45) is 4.80. The van der Waals surface area contributed by atoms with Crippen LogP contribution in [0.5, 0.6) is 0 Å². The van der Waals surface area contributed by atoms with Gasteiger partial charge in [0.15, 0.2) is 0 Å². The van der Waals surface area contributed by atoms with Crippen LogP contribution in [0, 0.1) is 33.8 Å². The van der Waals surface area contributed by atoms with Crippen LogP contribution in [0.25, 0.3) is 0 Å². The molecule has 156 valence electrons. The molecule has 1 saturated heterocycles. The van der Waals surface area contributed by atoms with Crippen LogP contribution >= 0.6 is 0 Å². The van der Waals surface area contributed by atoms with E-state index < -0.39 is 22.7 Å². The van der Waals surface area contributed by atoms with E-state index in [1.165, 1.54) is 29.3 Å². The van der Waals surface area contributed by atoms with Crippen molar-refractivity contribution in [3.05, 3.63) is 88.0 Å². The molecule has 3 aliphatic rings. The van der Waals surface area contributed by atoms with Crippen molar-refractivity contribution in [3.8, 4) is 0 Å². The van der Waals surface area contributed by atoms with Crippen LogP contribution in [-0.4, -0.2) is 32.7 Å². The van der Waals surface area contributed by atoms with E-state index in [0.717, 1.165) is 17.0 Å². The number of nitrogens with zero attached hydrogens (tertiary/aromatic N) is 3. The van der Waals surface area contributed by atoms with Crippen molar-refractivity contribution in [2.75, 3.05) is 0 Å². The lowest BCUT2D eigenvalue weighted by Gasteiger charge is -2.31. The number of hydrazine groups is 1. The van der Waals surface area contributed by atoms with Gasteiger partial charge < -0.3 is 0 Å². The summed E-state index contributed by atoms with van der Waals surface area (Å²) in [6, 6.07) is 14.3. The molecule has 1 aliphatic heterocycles. The van der Waals surface area contributed by atoms with Gasteiger partial charge in [0.2, 0.25) is 0 Å². The quantitative estimate of drug-likeness (QED) is 0.322. The molecule has 8 heteroatoms. The predicted octanol–water partition coefficient (Wildman–Crippen LogP) is 2.96.